The zero-order chi connectivity index (χ0) is 13.3. The maximum Gasteiger partial charge on any atom is 0.309 e. The molecule has 18 heavy (non-hydrogen) atoms. The third-order valence-electron chi connectivity index (χ3n) is 3.40. The van der Waals surface area contributed by atoms with Crippen molar-refractivity contribution in [3.63, 3.8) is 0 Å². The fraction of sp³-hybridized carbons (Fsp3) is 0.429. The van der Waals surface area contributed by atoms with Gasteiger partial charge in [-0.2, -0.15) is 0 Å². The summed E-state index contributed by atoms with van der Waals surface area (Å²) in [7, 11) is 0. The third kappa shape index (κ3) is 2.37. The Morgan fingerprint density at radius 3 is 2.44 bits per heavy atom. The van der Waals surface area contributed by atoms with E-state index >= 15 is 0 Å². The molecule has 1 saturated heterocycles. The highest BCUT2D eigenvalue weighted by atomic mass is 16.4. The van der Waals surface area contributed by atoms with Crippen LogP contribution in [0.15, 0.2) is 24.3 Å². The number of amides is 1. The smallest absolute Gasteiger partial charge is 0.309 e. The van der Waals surface area contributed by atoms with Gasteiger partial charge in [-0.1, -0.05) is 38.1 Å². The van der Waals surface area contributed by atoms with Crippen molar-refractivity contribution in [2.24, 2.45) is 5.92 Å². The average molecular weight is 247 g/mol. The summed E-state index contributed by atoms with van der Waals surface area (Å²) in [6.45, 7) is 4.21. The van der Waals surface area contributed by atoms with Crippen LogP contribution in [0.3, 0.4) is 0 Å². The second kappa shape index (κ2) is 4.80. The van der Waals surface area contributed by atoms with Crippen molar-refractivity contribution < 1.29 is 14.7 Å². The second-order valence-electron chi connectivity index (χ2n) is 5.02. The van der Waals surface area contributed by atoms with E-state index in [4.69, 9.17) is 5.11 Å². The van der Waals surface area contributed by atoms with E-state index in [2.05, 4.69) is 19.2 Å². The lowest BCUT2D eigenvalue weighted by Crippen LogP contribution is -2.24. The Morgan fingerprint density at radius 1 is 1.33 bits per heavy atom. The van der Waals surface area contributed by atoms with Crippen LogP contribution in [0.5, 0.6) is 0 Å². The molecule has 0 radical (unpaired) electrons. The van der Waals surface area contributed by atoms with Gasteiger partial charge < -0.3 is 10.4 Å². The van der Waals surface area contributed by atoms with E-state index in [1.54, 1.807) is 0 Å². The molecular formula is C14H17NO3. The van der Waals surface area contributed by atoms with E-state index in [-0.39, 0.29) is 12.3 Å². The van der Waals surface area contributed by atoms with Crippen LogP contribution in [0, 0.1) is 5.92 Å². The Hall–Kier alpha value is -1.84. The van der Waals surface area contributed by atoms with Crippen LogP contribution in [0.2, 0.25) is 0 Å². The number of nitrogens with one attached hydrogen (secondary N) is 1. The Bertz CT molecular complexity index is 464. The van der Waals surface area contributed by atoms with Gasteiger partial charge in [-0.3, -0.25) is 9.59 Å². The first-order valence-corrected chi connectivity index (χ1v) is 6.11. The fourth-order valence-electron chi connectivity index (χ4n) is 2.28. The van der Waals surface area contributed by atoms with Crippen molar-refractivity contribution in [1.29, 1.82) is 0 Å². The molecule has 0 spiro atoms. The molecule has 0 saturated carbocycles. The summed E-state index contributed by atoms with van der Waals surface area (Å²) in [6.07, 6.45) is 0.0614. The number of hydrogen-bond donors (Lipinski definition) is 2. The molecule has 2 N–H and O–H groups in total. The number of carboxylic acids is 1. The predicted molar refractivity (Wildman–Crippen MR) is 67.2 cm³/mol. The second-order valence-corrected chi connectivity index (χ2v) is 5.02. The summed E-state index contributed by atoms with van der Waals surface area (Å²) in [5, 5.41) is 11.8. The van der Waals surface area contributed by atoms with Crippen molar-refractivity contribution in [3.8, 4) is 0 Å². The van der Waals surface area contributed by atoms with Crippen LogP contribution in [-0.2, 0) is 9.59 Å². The van der Waals surface area contributed by atoms with Crippen molar-refractivity contribution in [2.75, 3.05) is 0 Å². The molecule has 2 unspecified atom stereocenters. The molecule has 1 aromatic rings. The molecule has 1 amide bonds. The minimum Gasteiger partial charge on any atom is -0.481 e. The topological polar surface area (TPSA) is 66.4 Å². The highest BCUT2D eigenvalue weighted by Crippen LogP contribution is 2.31. The maximum absolute atomic E-state index is 11.3. The van der Waals surface area contributed by atoms with E-state index in [1.807, 2.05) is 24.3 Å². The molecule has 96 valence electrons. The van der Waals surface area contributed by atoms with E-state index in [9.17, 15) is 9.59 Å². The zero-order valence-electron chi connectivity index (χ0n) is 10.5. The first-order chi connectivity index (χ1) is 8.49. The van der Waals surface area contributed by atoms with Gasteiger partial charge in [-0.25, -0.2) is 0 Å². The summed E-state index contributed by atoms with van der Waals surface area (Å²) in [6, 6.07) is 7.38. The van der Waals surface area contributed by atoms with Gasteiger partial charge in [0.15, 0.2) is 0 Å². The minimum absolute atomic E-state index is 0.0614. The lowest BCUT2D eigenvalue weighted by molar-refractivity contribution is -0.142. The summed E-state index contributed by atoms with van der Waals surface area (Å²) < 4.78 is 0. The van der Waals surface area contributed by atoms with Gasteiger partial charge >= 0.3 is 5.97 Å². The van der Waals surface area contributed by atoms with E-state index in [1.165, 1.54) is 5.56 Å². The molecule has 0 aliphatic carbocycles. The lowest BCUT2D eigenvalue weighted by atomic mass is 9.92. The van der Waals surface area contributed by atoms with Crippen molar-refractivity contribution in [1.82, 2.24) is 5.32 Å². The van der Waals surface area contributed by atoms with Gasteiger partial charge in [-0.15, -0.1) is 0 Å². The van der Waals surface area contributed by atoms with Crippen LogP contribution in [0.4, 0.5) is 0 Å². The molecule has 1 heterocycles. The van der Waals surface area contributed by atoms with Gasteiger partial charge in [0, 0.05) is 6.42 Å². The van der Waals surface area contributed by atoms with Gasteiger partial charge in [0.2, 0.25) is 5.91 Å². The Labute approximate surface area is 106 Å². The molecule has 1 aromatic carbocycles. The molecule has 0 aromatic heterocycles. The first-order valence-electron chi connectivity index (χ1n) is 6.11. The summed E-state index contributed by atoms with van der Waals surface area (Å²) in [5.74, 6) is -1.35. The maximum atomic E-state index is 11.3. The SMILES string of the molecule is CC(C)c1ccc(C2NC(=O)CC2C(=O)O)cc1. The Morgan fingerprint density at radius 2 is 1.94 bits per heavy atom. The predicted octanol–water partition coefficient (Wildman–Crippen LogP) is 2.07. The molecular weight excluding hydrogens is 230 g/mol. The van der Waals surface area contributed by atoms with Gasteiger partial charge in [0.05, 0.1) is 12.0 Å². The molecule has 0 bridgehead atoms. The van der Waals surface area contributed by atoms with Crippen molar-refractivity contribution in [3.05, 3.63) is 35.4 Å². The van der Waals surface area contributed by atoms with Gasteiger partial charge in [0.25, 0.3) is 0 Å². The largest absolute Gasteiger partial charge is 0.481 e. The van der Waals surface area contributed by atoms with Gasteiger partial charge in [0.1, 0.15) is 0 Å². The van der Waals surface area contributed by atoms with Crippen molar-refractivity contribution in [2.45, 2.75) is 32.2 Å². The number of carboxylic acid groups (broad SMARTS) is 1. The van der Waals surface area contributed by atoms with E-state index in [0.29, 0.717) is 5.92 Å². The number of carbonyl (C=O) groups excluding carboxylic acids is 1. The van der Waals surface area contributed by atoms with Crippen molar-refractivity contribution >= 4 is 11.9 Å². The number of aliphatic carboxylic acids is 1. The van der Waals surface area contributed by atoms with Gasteiger partial charge in [-0.05, 0) is 17.0 Å². The highest BCUT2D eigenvalue weighted by Gasteiger charge is 2.38. The van der Waals surface area contributed by atoms with Crippen LogP contribution >= 0.6 is 0 Å². The average Bonchev–Trinajstić information content (AvgIpc) is 2.71. The molecule has 4 nitrogen and oxygen atoms in total. The Balaban J connectivity index is 2.24. The molecule has 4 heteroatoms. The molecule has 1 aliphatic heterocycles. The lowest BCUT2D eigenvalue weighted by Gasteiger charge is -2.16. The van der Waals surface area contributed by atoms with Crippen LogP contribution < -0.4 is 5.32 Å². The highest BCUT2D eigenvalue weighted by molar-refractivity contribution is 5.87. The fourth-order valence-corrected chi connectivity index (χ4v) is 2.28. The molecule has 2 atom stereocenters. The zero-order valence-corrected chi connectivity index (χ0v) is 10.5. The minimum atomic E-state index is -0.925. The monoisotopic (exact) mass is 247 g/mol. The number of benzene rings is 1. The van der Waals surface area contributed by atoms with E-state index < -0.39 is 17.9 Å². The first kappa shape index (κ1) is 12.6. The molecule has 1 fully saturated rings. The van der Waals surface area contributed by atoms with E-state index in [0.717, 1.165) is 5.56 Å². The number of rotatable bonds is 3. The summed E-state index contributed by atoms with van der Waals surface area (Å²) >= 11 is 0. The third-order valence-corrected chi connectivity index (χ3v) is 3.40. The normalized spacial score (nSPS) is 23.2. The summed E-state index contributed by atoms with van der Waals surface area (Å²) in [4.78, 5) is 22.5. The number of carbonyl (C=O) groups is 2. The van der Waals surface area contributed by atoms with Crippen LogP contribution in [0.1, 0.15) is 43.4 Å². The van der Waals surface area contributed by atoms with Crippen LogP contribution in [0.25, 0.3) is 0 Å². The standard InChI is InChI=1S/C14H17NO3/c1-8(2)9-3-5-10(6-4-9)13-11(14(17)18)7-12(16)15-13/h3-6,8,11,13H,7H2,1-2H3,(H,15,16)(H,17,18). The number of hydrogen-bond acceptors (Lipinski definition) is 2. The summed E-state index contributed by atoms with van der Waals surface area (Å²) in [5.41, 5.74) is 2.06. The Kier molecular flexibility index (Phi) is 3.36. The van der Waals surface area contributed by atoms with Crippen LogP contribution in [-0.4, -0.2) is 17.0 Å². The molecule has 2 rings (SSSR count). The molecule has 1 aliphatic rings. The quantitative estimate of drug-likeness (QED) is 0.859.